The number of nitrogens with zero attached hydrogens (tertiary/aromatic N) is 1. The first-order valence-electron chi connectivity index (χ1n) is 3.55. The monoisotopic (exact) mass is 133 g/mol. The number of likely N-dealkylation sites (tertiary alicyclic amines) is 1. The summed E-state index contributed by atoms with van der Waals surface area (Å²) in [6.45, 7) is 8.46. The van der Waals surface area contributed by atoms with Gasteiger partial charge in [0.25, 0.3) is 0 Å². The van der Waals surface area contributed by atoms with Gasteiger partial charge in [-0.1, -0.05) is 13.8 Å². The molecule has 1 fully saturated rings. The third-order valence-electron chi connectivity index (χ3n) is 1.96. The van der Waals surface area contributed by atoms with Crippen LogP contribution in [0, 0.1) is 5.92 Å². The van der Waals surface area contributed by atoms with Crippen LogP contribution in [0.3, 0.4) is 0 Å². The molecule has 1 heterocycles. The van der Waals surface area contributed by atoms with E-state index in [2.05, 4.69) is 18.7 Å². The van der Waals surface area contributed by atoms with Crippen molar-refractivity contribution in [3.63, 3.8) is 0 Å². The molecule has 1 rings (SSSR count). The lowest BCUT2D eigenvalue weighted by Gasteiger charge is -2.09. The van der Waals surface area contributed by atoms with Crippen LogP contribution in [-0.4, -0.2) is 24.5 Å². The predicted octanol–water partition coefficient (Wildman–Crippen LogP) is 1.50. The lowest BCUT2D eigenvalue weighted by Crippen LogP contribution is -2.18. The average Bonchev–Trinajstić information content (AvgIpc) is 2.14. The summed E-state index contributed by atoms with van der Waals surface area (Å²) in [4.78, 5) is 2.50. The van der Waals surface area contributed by atoms with E-state index in [4.69, 9.17) is 0 Å². The van der Waals surface area contributed by atoms with Crippen molar-refractivity contribution in [2.45, 2.75) is 20.3 Å². The van der Waals surface area contributed by atoms with Gasteiger partial charge in [-0.3, -0.25) is 4.70 Å². The summed E-state index contributed by atoms with van der Waals surface area (Å²) in [6.07, 6.45) is 1.41. The van der Waals surface area contributed by atoms with Crippen LogP contribution in [0.2, 0.25) is 0 Å². The van der Waals surface area contributed by atoms with Crippen LogP contribution in [0.25, 0.3) is 0 Å². The summed E-state index contributed by atoms with van der Waals surface area (Å²) >= 11 is 0. The van der Waals surface area contributed by atoms with Crippen LogP contribution in [0.4, 0.5) is 4.70 Å². The van der Waals surface area contributed by atoms with Gasteiger partial charge in [0.15, 0.2) is 0 Å². The van der Waals surface area contributed by atoms with Crippen LogP contribution in [-0.2, 0) is 0 Å². The maximum absolute atomic E-state index is 2.50. The molecule has 0 radical (unpaired) electrons. The van der Waals surface area contributed by atoms with Crippen molar-refractivity contribution in [3.05, 3.63) is 0 Å². The van der Waals surface area contributed by atoms with Crippen molar-refractivity contribution in [2.24, 2.45) is 5.92 Å². The molecule has 0 bridgehead atoms. The molecule has 0 aromatic rings. The summed E-state index contributed by atoms with van der Waals surface area (Å²) in [6, 6.07) is 0. The number of hydrogen-bond donors (Lipinski definition) is 0. The normalized spacial score (nSPS) is 28.0. The fraction of sp³-hybridized carbons (Fsp3) is 1.00. The Morgan fingerprint density at radius 3 is 2.44 bits per heavy atom. The highest BCUT2D eigenvalue weighted by molar-refractivity contribution is 4.70. The van der Waals surface area contributed by atoms with Gasteiger partial charge < -0.3 is 4.90 Å². The number of rotatable bonds is 1. The third kappa shape index (κ3) is 2.31. The second kappa shape index (κ2) is 3.83. The SMILES string of the molecule is CCN1CCC(C)C1.F. The quantitative estimate of drug-likeness (QED) is 0.524. The second-order valence-corrected chi connectivity index (χ2v) is 2.79. The fourth-order valence-corrected chi connectivity index (χ4v) is 1.31. The Bertz CT molecular complexity index is 75.3. The molecule has 2 heteroatoms. The Balaban J connectivity index is 0.000000640. The minimum Gasteiger partial charge on any atom is -0.303 e. The highest BCUT2D eigenvalue weighted by Crippen LogP contribution is 2.13. The van der Waals surface area contributed by atoms with Crippen LogP contribution in [0.5, 0.6) is 0 Å². The van der Waals surface area contributed by atoms with Gasteiger partial charge in [0, 0.05) is 6.54 Å². The Morgan fingerprint density at radius 2 is 2.22 bits per heavy atom. The summed E-state index contributed by atoms with van der Waals surface area (Å²) in [7, 11) is 0. The lowest BCUT2D eigenvalue weighted by molar-refractivity contribution is 0.346. The zero-order valence-electron chi connectivity index (χ0n) is 6.26. The molecule has 56 valence electrons. The molecule has 0 aliphatic carbocycles. The van der Waals surface area contributed by atoms with Crippen molar-refractivity contribution in [1.29, 1.82) is 0 Å². The first-order valence-corrected chi connectivity index (χ1v) is 3.55. The van der Waals surface area contributed by atoms with Crippen LogP contribution >= 0.6 is 0 Å². The molecule has 0 aromatic carbocycles. The summed E-state index contributed by atoms with van der Waals surface area (Å²) in [5.41, 5.74) is 0. The van der Waals surface area contributed by atoms with Crippen molar-refractivity contribution >= 4 is 0 Å². The highest BCUT2D eigenvalue weighted by Gasteiger charge is 2.15. The molecular formula is C7H16FN. The number of hydrogen-bond acceptors (Lipinski definition) is 1. The van der Waals surface area contributed by atoms with Gasteiger partial charge in [-0.25, -0.2) is 0 Å². The predicted molar refractivity (Wildman–Crippen MR) is 38.4 cm³/mol. The van der Waals surface area contributed by atoms with Gasteiger partial charge in [0.1, 0.15) is 0 Å². The van der Waals surface area contributed by atoms with Crippen molar-refractivity contribution in [3.8, 4) is 0 Å². The third-order valence-corrected chi connectivity index (χ3v) is 1.96. The van der Waals surface area contributed by atoms with E-state index in [0.717, 1.165) is 5.92 Å². The molecular weight excluding hydrogens is 117 g/mol. The molecule has 0 saturated carbocycles. The molecule has 1 aliphatic heterocycles. The topological polar surface area (TPSA) is 3.24 Å². The van der Waals surface area contributed by atoms with Gasteiger partial charge in [0.05, 0.1) is 0 Å². The highest BCUT2D eigenvalue weighted by atomic mass is 19.0. The van der Waals surface area contributed by atoms with Crippen molar-refractivity contribution < 1.29 is 4.70 Å². The first kappa shape index (κ1) is 8.89. The molecule has 1 atom stereocenters. The van der Waals surface area contributed by atoms with E-state index in [1.807, 2.05) is 0 Å². The van der Waals surface area contributed by atoms with Gasteiger partial charge in [0.2, 0.25) is 0 Å². The Hall–Kier alpha value is -0.110. The van der Waals surface area contributed by atoms with Gasteiger partial charge in [-0.2, -0.15) is 0 Å². The van der Waals surface area contributed by atoms with Crippen LogP contribution in [0.15, 0.2) is 0 Å². The zero-order chi connectivity index (χ0) is 5.98. The minimum atomic E-state index is 0. The Labute approximate surface area is 56.4 Å². The molecule has 1 unspecified atom stereocenters. The van der Waals surface area contributed by atoms with Gasteiger partial charge >= 0.3 is 0 Å². The standard InChI is InChI=1S/C7H15N.FH/c1-3-8-5-4-7(2)6-8;/h7H,3-6H2,1-2H3;1H. The fourth-order valence-electron chi connectivity index (χ4n) is 1.31. The maximum Gasteiger partial charge on any atom is 0.000738 e. The van der Waals surface area contributed by atoms with Crippen LogP contribution < -0.4 is 0 Å². The molecule has 9 heavy (non-hydrogen) atoms. The lowest BCUT2D eigenvalue weighted by atomic mass is 10.2. The molecule has 1 saturated heterocycles. The smallest absolute Gasteiger partial charge is 0.000738 e. The van der Waals surface area contributed by atoms with E-state index in [0.29, 0.717) is 0 Å². The molecule has 0 aromatic heterocycles. The molecule has 1 nitrogen and oxygen atoms in total. The molecule has 0 N–H and O–H groups in total. The van der Waals surface area contributed by atoms with E-state index in [9.17, 15) is 0 Å². The average molecular weight is 133 g/mol. The number of halogens is 1. The summed E-state index contributed by atoms with van der Waals surface area (Å²) in [5, 5.41) is 0. The Morgan fingerprint density at radius 1 is 1.56 bits per heavy atom. The van der Waals surface area contributed by atoms with E-state index in [-0.39, 0.29) is 4.70 Å². The van der Waals surface area contributed by atoms with Gasteiger partial charge in [-0.05, 0) is 25.4 Å². The van der Waals surface area contributed by atoms with Crippen LogP contribution in [0.1, 0.15) is 20.3 Å². The maximum atomic E-state index is 2.50. The Kier molecular flexibility index (Phi) is 3.78. The first-order chi connectivity index (χ1) is 3.83. The van der Waals surface area contributed by atoms with E-state index >= 15 is 0 Å². The zero-order valence-corrected chi connectivity index (χ0v) is 6.26. The molecule has 0 amide bonds. The van der Waals surface area contributed by atoms with Crippen molar-refractivity contribution in [2.75, 3.05) is 19.6 Å². The second-order valence-electron chi connectivity index (χ2n) is 2.79. The molecule has 0 spiro atoms. The van der Waals surface area contributed by atoms with E-state index in [1.54, 1.807) is 0 Å². The summed E-state index contributed by atoms with van der Waals surface area (Å²) < 4.78 is 0. The minimum absolute atomic E-state index is 0. The summed E-state index contributed by atoms with van der Waals surface area (Å²) in [5.74, 6) is 0.954. The van der Waals surface area contributed by atoms with Gasteiger partial charge in [-0.15, -0.1) is 0 Å². The van der Waals surface area contributed by atoms with E-state index in [1.165, 1.54) is 26.1 Å². The largest absolute Gasteiger partial charge is 0.303 e. The molecule has 1 aliphatic rings. The van der Waals surface area contributed by atoms with Crippen molar-refractivity contribution in [1.82, 2.24) is 4.90 Å². The van der Waals surface area contributed by atoms with E-state index < -0.39 is 0 Å².